The highest BCUT2D eigenvalue weighted by Gasteiger charge is 2.54. The molecule has 8 rings (SSSR count). The highest BCUT2D eigenvalue weighted by molar-refractivity contribution is 8.00. The molecule has 0 spiro atoms. The van der Waals surface area contributed by atoms with E-state index < -0.39 is 34.8 Å². The summed E-state index contributed by atoms with van der Waals surface area (Å²) in [6.07, 6.45) is 1.97. The van der Waals surface area contributed by atoms with Crippen LogP contribution in [0.15, 0.2) is 149 Å². The van der Waals surface area contributed by atoms with E-state index in [4.69, 9.17) is 15.3 Å². The van der Waals surface area contributed by atoms with Crippen LogP contribution in [0.3, 0.4) is 0 Å². The maximum Gasteiger partial charge on any atom is 0.352 e. The standard InChI is InChI=1S/C43H36N6O7S2/c1-55-32-19-17-31(18-20-32)48-22-21-26(38(48)51)23-27-24-57-40-35(39(52)49(40)36(27)41(53)54)46-37(50)34(33-25-58-42(44)45-33)47-56-43(28-11-5-2-6-12-28,29-13-7-3-8-14-29)30-15-9-4-10-16-30/h2-20,23,25,35,40H,21-22,24H2,1H3,(H2,44,45)(H,46,50)(H,53,54)/b26-23+,47-34-/t35-,40-/m1/s1. The zero-order chi connectivity index (χ0) is 40.4. The molecule has 3 aliphatic heterocycles. The first-order chi connectivity index (χ1) is 28.2. The third kappa shape index (κ3) is 6.98. The van der Waals surface area contributed by atoms with Crippen molar-refractivity contribution in [3.63, 3.8) is 0 Å². The molecule has 0 unspecified atom stereocenters. The predicted molar refractivity (Wildman–Crippen MR) is 221 cm³/mol. The average Bonchev–Trinajstić information content (AvgIpc) is 3.86. The fourth-order valence-electron chi connectivity index (χ4n) is 7.32. The summed E-state index contributed by atoms with van der Waals surface area (Å²) in [6.45, 7) is 0.417. The van der Waals surface area contributed by atoms with E-state index in [9.17, 15) is 24.3 Å². The number of nitrogens with two attached hydrogens (primary N) is 1. The Labute approximate surface area is 341 Å². The van der Waals surface area contributed by atoms with Gasteiger partial charge in [-0.1, -0.05) is 96.2 Å². The monoisotopic (exact) mass is 812 g/mol. The first-order valence-corrected chi connectivity index (χ1v) is 20.1. The van der Waals surface area contributed by atoms with Crippen LogP contribution in [-0.2, 0) is 29.6 Å². The van der Waals surface area contributed by atoms with E-state index in [-0.39, 0.29) is 33.9 Å². The highest BCUT2D eigenvalue weighted by atomic mass is 32.2. The second-order valence-corrected chi connectivity index (χ2v) is 15.5. The topological polar surface area (TPSA) is 177 Å². The van der Waals surface area contributed by atoms with Crippen molar-refractivity contribution in [2.45, 2.75) is 23.4 Å². The molecule has 292 valence electrons. The number of hydrogen-bond donors (Lipinski definition) is 3. The third-order valence-corrected chi connectivity index (χ3v) is 12.1. The summed E-state index contributed by atoms with van der Waals surface area (Å²) in [5, 5.41) is 18.7. The van der Waals surface area contributed by atoms with Gasteiger partial charge in [0.25, 0.3) is 17.7 Å². The molecule has 0 radical (unpaired) electrons. The smallest absolute Gasteiger partial charge is 0.352 e. The summed E-state index contributed by atoms with van der Waals surface area (Å²) < 4.78 is 5.22. The largest absolute Gasteiger partial charge is 0.497 e. The van der Waals surface area contributed by atoms with Gasteiger partial charge in [0.15, 0.2) is 10.8 Å². The number of β-lactam (4-membered cyclic amide) rings is 1. The molecule has 15 heteroatoms. The van der Waals surface area contributed by atoms with E-state index in [0.29, 0.717) is 35.5 Å². The number of ether oxygens (including phenoxy) is 1. The van der Waals surface area contributed by atoms with Gasteiger partial charge in [-0.3, -0.25) is 19.3 Å². The van der Waals surface area contributed by atoms with Gasteiger partial charge in [-0.15, -0.1) is 23.1 Å². The summed E-state index contributed by atoms with van der Waals surface area (Å²) in [4.78, 5) is 67.9. The minimum atomic E-state index is -1.32. The molecule has 1 aromatic heterocycles. The van der Waals surface area contributed by atoms with Crippen LogP contribution in [0, 0.1) is 0 Å². The Morgan fingerprint density at radius 2 is 1.53 bits per heavy atom. The summed E-state index contributed by atoms with van der Waals surface area (Å²) in [7, 11) is 1.56. The number of carboxylic acid groups (broad SMARTS) is 1. The zero-order valence-corrected chi connectivity index (χ0v) is 32.6. The minimum Gasteiger partial charge on any atom is -0.497 e. The number of anilines is 2. The van der Waals surface area contributed by atoms with Gasteiger partial charge in [0.2, 0.25) is 5.60 Å². The van der Waals surface area contributed by atoms with Crippen molar-refractivity contribution >= 4 is 63.3 Å². The first kappa shape index (κ1) is 38.2. The number of thioether (sulfide) groups is 1. The lowest BCUT2D eigenvalue weighted by Gasteiger charge is -2.49. The fourth-order valence-corrected chi connectivity index (χ4v) is 9.18. The Morgan fingerprint density at radius 1 is 0.931 bits per heavy atom. The quantitative estimate of drug-likeness (QED) is 0.0476. The highest BCUT2D eigenvalue weighted by Crippen LogP contribution is 2.43. The number of aromatic nitrogens is 1. The summed E-state index contributed by atoms with van der Waals surface area (Å²) in [5.41, 5.74) is 8.04. The van der Waals surface area contributed by atoms with Crippen LogP contribution in [0.25, 0.3) is 0 Å². The number of benzene rings is 4. The van der Waals surface area contributed by atoms with Gasteiger partial charge in [0.1, 0.15) is 28.6 Å². The van der Waals surface area contributed by atoms with Gasteiger partial charge in [-0.05, 0) is 42.3 Å². The number of aliphatic carboxylic acids is 1. The molecule has 58 heavy (non-hydrogen) atoms. The molecule has 2 atom stereocenters. The summed E-state index contributed by atoms with van der Waals surface area (Å²) >= 11 is 2.39. The number of oxime groups is 1. The van der Waals surface area contributed by atoms with Crippen molar-refractivity contribution in [1.82, 2.24) is 15.2 Å². The Balaban J connectivity index is 1.08. The number of methoxy groups -OCH3 is 1. The lowest BCUT2D eigenvalue weighted by Crippen LogP contribution is -2.71. The molecule has 4 N–H and O–H groups in total. The van der Waals surface area contributed by atoms with Gasteiger partial charge in [-0.2, -0.15) is 0 Å². The van der Waals surface area contributed by atoms with E-state index in [2.05, 4.69) is 15.5 Å². The van der Waals surface area contributed by atoms with Crippen molar-refractivity contribution in [1.29, 1.82) is 0 Å². The second kappa shape index (κ2) is 16.0. The maximum atomic E-state index is 14.3. The van der Waals surface area contributed by atoms with E-state index in [0.717, 1.165) is 32.9 Å². The predicted octanol–water partition coefficient (Wildman–Crippen LogP) is 5.55. The van der Waals surface area contributed by atoms with Crippen LogP contribution in [0.1, 0.15) is 28.8 Å². The molecule has 0 bridgehead atoms. The van der Waals surface area contributed by atoms with Crippen molar-refractivity contribution in [3.8, 4) is 5.75 Å². The minimum absolute atomic E-state index is 0.132. The third-order valence-electron chi connectivity index (χ3n) is 10.1. The number of thiazole rings is 1. The van der Waals surface area contributed by atoms with E-state index >= 15 is 0 Å². The van der Waals surface area contributed by atoms with Crippen LogP contribution < -0.4 is 20.7 Å². The zero-order valence-electron chi connectivity index (χ0n) is 31.0. The van der Waals surface area contributed by atoms with Crippen LogP contribution in [-0.4, -0.2) is 75.2 Å². The number of carbonyl (C=O) groups is 4. The molecule has 0 saturated carbocycles. The van der Waals surface area contributed by atoms with Crippen molar-refractivity contribution in [3.05, 3.63) is 166 Å². The number of carbonyl (C=O) groups excluding carboxylic acids is 3. The molecule has 5 aromatic rings. The number of nitrogens with one attached hydrogen (secondary N) is 1. The Kier molecular flexibility index (Phi) is 10.6. The number of amides is 3. The molecule has 2 saturated heterocycles. The lowest BCUT2D eigenvalue weighted by molar-refractivity contribution is -0.150. The van der Waals surface area contributed by atoms with E-state index in [1.54, 1.807) is 47.7 Å². The average molecular weight is 813 g/mol. The normalized spacial score (nSPS) is 18.8. The summed E-state index contributed by atoms with van der Waals surface area (Å²) in [5.74, 6) is -2.12. The maximum absolute atomic E-state index is 14.3. The van der Waals surface area contributed by atoms with Crippen molar-refractivity contribution < 1.29 is 33.9 Å². The number of rotatable bonds is 12. The molecule has 2 fully saturated rings. The Hall–Kier alpha value is -6.71. The Bertz CT molecular complexity index is 2380. The lowest BCUT2D eigenvalue weighted by atomic mass is 9.80. The number of hydrogen-bond acceptors (Lipinski definition) is 11. The molecule has 13 nitrogen and oxygen atoms in total. The molecule has 4 heterocycles. The van der Waals surface area contributed by atoms with Crippen LogP contribution >= 0.6 is 23.1 Å². The fraction of sp³-hybridized carbons (Fsp3) is 0.163. The van der Waals surface area contributed by atoms with Crippen LogP contribution in [0.2, 0.25) is 0 Å². The number of fused-ring (bicyclic) bond motifs is 1. The molecular weight excluding hydrogens is 777 g/mol. The second-order valence-electron chi connectivity index (χ2n) is 13.5. The van der Waals surface area contributed by atoms with Crippen LogP contribution in [0.4, 0.5) is 10.8 Å². The number of nitrogen functional groups attached to an aromatic ring is 1. The van der Waals surface area contributed by atoms with Gasteiger partial charge < -0.3 is 30.6 Å². The van der Waals surface area contributed by atoms with Crippen LogP contribution in [0.5, 0.6) is 5.75 Å². The van der Waals surface area contributed by atoms with Gasteiger partial charge in [-0.25, -0.2) is 9.78 Å². The summed E-state index contributed by atoms with van der Waals surface area (Å²) in [6, 6.07) is 34.5. The van der Waals surface area contributed by atoms with E-state index in [1.165, 1.54) is 11.8 Å². The van der Waals surface area contributed by atoms with E-state index in [1.807, 2.05) is 91.0 Å². The number of carboxylic acids is 1. The molecule has 3 aliphatic rings. The molecule has 4 aromatic carbocycles. The Morgan fingerprint density at radius 3 is 2.07 bits per heavy atom. The van der Waals surface area contributed by atoms with Gasteiger partial charge in [0, 0.05) is 45.6 Å². The molecular formula is C43H36N6O7S2. The molecule has 3 amide bonds. The number of allylic oxidation sites excluding steroid dienone is 1. The molecule has 0 aliphatic carbocycles. The van der Waals surface area contributed by atoms with Crippen molar-refractivity contribution in [2.24, 2.45) is 5.16 Å². The van der Waals surface area contributed by atoms with Crippen molar-refractivity contribution in [2.75, 3.05) is 30.0 Å². The number of nitrogens with zero attached hydrogens (tertiary/aromatic N) is 4. The SMILES string of the molecule is COc1ccc(N2CC/C(=C\C3=C(C(=O)O)N4C(=O)[C@@H](NC(=O)/C(=N\OC(c5ccccc5)(c5ccccc5)c5ccccc5)c5csc(N)n5)[C@H]4SC3)C2=O)cc1. The van der Waals surface area contributed by atoms with Gasteiger partial charge in [0.05, 0.1) is 7.11 Å². The van der Waals surface area contributed by atoms with Gasteiger partial charge >= 0.3 is 5.97 Å². The first-order valence-electron chi connectivity index (χ1n) is 18.2.